The Balaban J connectivity index is 1.87. The molecule has 0 amide bonds. The number of fused-ring (bicyclic) bond motifs is 1. The van der Waals surface area contributed by atoms with Crippen LogP contribution in [0.3, 0.4) is 0 Å². The van der Waals surface area contributed by atoms with Crippen LogP contribution in [0.5, 0.6) is 0 Å². The highest BCUT2D eigenvalue weighted by molar-refractivity contribution is 5.20. The molecule has 2 aliphatic rings. The average Bonchev–Trinajstić information content (AvgIpc) is 2.90. The SMILES string of the molecule is OCC1=CC[N@+]2(Cc3ccccc3)CC[C@@H](O)[C@@H]12. The van der Waals surface area contributed by atoms with Gasteiger partial charge in [-0.05, 0) is 6.08 Å². The summed E-state index contributed by atoms with van der Waals surface area (Å²) in [5.41, 5.74) is 2.33. The van der Waals surface area contributed by atoms with Crippen LogP contribution in [0.4, 0.5) is 0 Å². The highest BCUT2D eigenvalue weighted by Crippen LogP contribution is 2.38. The molecule has 3 heteroatoms. The standard InChI is InChI=1S/C15H20NO2/c17-11-13-6-8-16(9-7-14(18)15(13)16)10-12-4-2-1-3-5-12/h1-6,14-15,17-18H,7-11H2/q+1/t14-,15-,16-/m1/s1. The maximum atomic E-state index is 10.2. The molecule has 18 heavy (non-hydrogen) atoms. The van der Waals surface area contributed by atoms with E-state index in [2.05, 4.69) is 30.3 Å². The highest BCUT2D eigenvalue weighted by atomic mass is 16.3. The largest absolute Gasteiger partial charge is 0.392 e. The number of hydrogen-bond acceptors (Lipinski definition) is 2. The molecule has 0 unspecified atom stereocenters. The third-order valence-electron chi connectivity index (χ3n) is 4.44. The van der Waals surface area contributed by atoms with Crippen molar-refractivity contribution < 1.29 is 14.7 Å². The summed E-state index contributed by atoms with van der Waals surface area (Å²) in [5.74, 6) is 0. The first-order chi connectivity index (χ1) is 8.75. The Bertz CT molecular complexity index is 457. The number of hydrogen-bond donors (Lipinski definition) is 2. The molecular weight excluding hydrogens is 226 g/mol. The van der Waals surface area contributed by atoms with Crippen molar-refractivity contribution in [3.05, 3.63) is 47.5 Å². The van der Waals surface area contributed by atoms with Crippen LogP contribution in [-0.2, 0) is 6.54 Å². The molecule has 96 valence electrons. The van der Waals surface area contributed by atoms with Crippen molar-refractivity contribution in [2.45, 2.75) is 25.1 Å². The molecule has 2 aliphatic heterocycles. The predicted octanol–water partition coefficient (Wildman–Crippen LogP) is 1.07. The summed E-state index contributed by atoms with van der Waals surface area (Å²) in [6.45, 7) is 2.96. The summed E-state index contributed by atoms with van der Waals surface area (Å²) in [5, 5.41) is 19.6. The Morgan fingerprint density at radius 1 is 1.22 bits per heavy atom. The second-order valence-electron chi connectivity index (χ2n) is 5.51. The zero-order valence-electron chi connectivity index (χ0n) is 10.5. The van der Waals surface area contributed by atoms with Gasteiger partial charge in [-0.1, -0.05) is 30.3 Å². The quantitative estimate of drug-likeness (QED) is 0.618. The van der Waals surface area contributed by atoms with Crippen molar-refractivity contribution in [3.8, 4) is 0 Å². The molecule has 1 aromatic carbocycles. The molecule has 0 bridgehead atoms. The number of nitrogens with zero attached hydrogens (tertiary/aromatic N) is 1. The van der Waals surface area contributed by atoms with Crippen molar-refractivity contribution in [2.75, 3.05) is 19.7 Å². The Morgan fingerprint density at radius 3 is 2.72 bits per heavy atom. The third kappa shape index (κ3) is 1.79. The second-order valence-corrected chi connectivity index (χ2v) is 5.51. The lowest BCUT2D eigenvalue weighted by molar-refractivity contribution is -0.938. The Morgan fingerprint density at radius 2 is 2.00 bits per heavy atom. The fraction of sp³-hybridized carbons (Fsp3) is 0.467. The summed E-state index contributed by atoms with van der Waals surface area (Å²) in [4.78, 5) is 0. The smallest absolute Gasteiger partial charge is 0.140 e. The lowest BCUT2D eigenvalue weighted by atomic mass is 10.0. The molecular formula is C15H20NO2+. The molecule has 1 aromatic rings. The van der Waals surface area contributed by atoms with Crippen molar-refractivity contribution in [2.24, 2.45) is 0 Å². The summed E-state index contributed by atoms with van der Waals surface area (Å²) in [6, 6.07) is 10.5. The van der Waals surface area contributed by atoms with E-state index in [-0.39, 0.29) is 18.8 Å². The zero-order chi connectivity index (χ0) is 12.6. The molecule has 1 fully saturated rings. The van der Waals surface area contributed by atoms with E-state index in [1.165, 1.54) is 5.56 Å². The molecule has 2 N–H and O–H groups in total. The Hall–Kier alpha value is -1.16. The first-order valence-corrected chi connectivity index (χ1v) is 6.63. The van der Waals surface area contributed by atoms with Gasteiger partial charge in [-0.15, -0.1) is 0 Å². The monoisotopic (exact) mass is 246 g/mol. The van der Waals surface area contributed by atoms with Crippen LogP contribution in [0.2, 0.25) is 0 Å². The van der Waals surface area contributed by atoms with E-state index in [0.717, 1.165) is 36.1 Å². The molecule has 0 spiro atoms. The molecule has 2 heterocycles. The molecule has 3 rings (SSSR count). The van der Waals surface area contributed by atoms with E-state index in [4.69, 9.17) is 0 Å². The summed E-state index contributed by atoms with van der Waals surface area (Å²) in [6.07, 6.45) is 2.67. The van der Waals surface area contributed by atoms with Gasteiger partial charge in [0.25, 0.3) is 0 Å². The second kappa shape index (κ2) is 4.50. The molecule has 1 saturated heterocycles. The first-order valence-electron chi connectivity index (χ1n) is 6.63. The molecule has 3 atom stereocenters. The summed E-state index contributed by atoms with van der Waals surface area (Å²) < 4.78 is 0.890. The number of rotatable bonds is 3. The molecule has 3 nitrogen and oxygen atoms in total. The molecule has 0 saturated carbocycles. The number of quaternary nitrogens is 1. The minimum absolute atomic E-state index is 0.0799. The predicted molar refractivity (Wildman–Crippen MR) is 69.7 cm³/mol. The van der Waals surface area contributed by atoms with Crippen molar-refractivity contribution in [1.82, 2.24) is 0 Å². The van der Waals surface area contributed by atoms with E-state index in [1.54, 1.807) is 0 Å². The van der Waals surface area contributed by atoms with E-state index in [0.29, 0.717) is 0 Å². The van der Waals surface area contributed by atoms with Gasteiger partial charge in [0.05, 0.1) is 19.7 Å². The van der Waals surface area contributed by atoms with Gasteiger partial charge >= 0.3 is 0 Å². The fourth-order valence-electron chi connectivity index (χ4n) is 3.62. The topological polar surface area (TPSA) is 40.5 Å². The molecule has 0 aliphatic carbocycles. The van der Waals surface area contributed by atoms with Gasteiger partial charge in [-0.2, -0.15) is 0 Å². The van der Waals surface area contributed by atoms with E-state index in [1.807, 2.05) is 6.07 Å². The highest BCUT2D eigenvalue weighted by Gasteiger charge is 2.51. The van der Waals surface area contributed by atoms with Gasteiger partial charge in [-0.25, -0.2) is 0 Å². The van der Waals surface area contributed by atoms with Gasteiger partial charge in [0.1, 0.15) is 18.7 Å². The van der Waals surface area contributed by atoms with Crippen LogP contribution in [0, 0.1) is 0 Å². The maximum Gasteiger partial charge on any atom is 0.140 e. The normalized spacial score (nSPS) is 34.4. The number of benzene rings is 1. The summed E-state index contributed by atoms with van der Waals surface area (Å²) >= 11 is 0. The van der Waals surface area contributed by atoms with Gasteiger partial charge < -0.3 is 14.7 Å². The van der Waals surface area contributed by atoms with Gasteiger partial charge in [0.15, 0.2) is 0 Å². The van der Waals surface area contributed by atoms with Crippen LogP contribution >= 0.6 is 0 Å². The Labute approximate surface area is 108 Å². The first kappa shape index (κ1) is 11.9. The van der Waals surface area contributed by atoms with E-state index < -0.39 is 0 Å². The third-order valence-corrected chi connectivity index (χ3v) is 4.44. The van der Waals surface area contributed by atoms with Crippen LogP contribution < -0.4 is 0 Å². The Kier molecular flexibility index (Phi) is 2.98. The molecule has 0 aromatic heterocycles. The number of aliphatic hydroxyl groups excluding tert-OH is 2. The van der Waals surface area contributed by atoms with Crippen molar-refractivity contribution in [3.63, 3.8) is 0 Å². The zero-order valence-corrected chi connectivity index (χ0v) is 10.5. The van der Waals surface area contributed by atoms with Gasteiger partial charge in [-0.3, -0.25) is 0 Å². The average molecular weight is 246 g/mol. The van der Waals surface area contributed by atoms with Gasteiger partial charge in [0, 0.05) is 17.6 Å². The minimum atomic E-state index is -0.297. The van der Waals surface area contributed by atoms with E-state index in [9.17, 15) is 10.2 Å². The van der Waals surface area contributed by atoms with Crippen LogP contribution in [0.25, 0.3) is 0 Å². The van der Waals surface area contributed by atoms with Crippen molar-refractivity contribution >= 4 is 0 Å². The maximum absolute atomic E-state index is 10.2. The lowest BCUT2D eigenvalue weighted by Gasteiger charge is -2.36. The molecule has 0 radical (unpaired) electrons. The number of aliphatic hydroxyl groups is 2. The minimum Gasteiger partial charge on any atom is -0.392 e. The summed E-state index contributed by atoms with van der Waals surface area (Å²) in [7, 11) is 0. The van der Waals surface area contributed by atoms with Crippen LogP contribution in [-0.4, -0.2) is 46.5 Å². The van der Waals surface area contributed by atoms with Crippen LogP contribution in [0.1, 0.15) is 12.0 Å². The van der Waals surface area contributed by atoms with Gasteiger partial charge in [0.2, 0.25) is 0 Å². The van der Waals surface area contributed by atoms with Crippen LogP contribution in [0.15, 0.2) is 42.0 Å². The lowest BCUT2D eigenvalue weighted by Crippen LogP contribution is -2.51. The van der Waals surface area contributed by atoms with E-state index >= 15 is 0 Å². The fourth-order valence-corrected chi connectivity index (χ4v) is 3.62. The van der Waals surface area contributed by atoms with Crippen molar-refractivity contribution in [1.29, 1.82) is 0 Å².